The van der Waals surface area contributed by atoms with E-state index in [9.17, 15) is 0 Å². The maximum Gasteiger partial charge on any atom is 0.160 e. The first-order valence-electron chi connectivity index (χ1n) is 8.54. The fourth-order valence-corrected chi connectivity index (χ4v) is 3.12. The van der Waals surface area contributed by atoms with E-state index in [0.717, 1.165) is 65.0 Å². The molecule has 0 bridgehead atoms. The molecule has 2 aliphatic rings. The van der Waals surface area contributed by atoms with Gasteiger partial charge < -0.3 is 14.2 Å². The summed E-state index contributed by atoms with van der Waals surface area (Å²) in [5.74, 6) is 1.20. The van der Waals surface area contributed by atoms with Gasteiger partial charge in [-0.1, -0.05) is 13.3 Å². The Hall–Kier alpha value is -0.630. The van der Waals surface area contributed by atoms with Crippen LogP contribution in [0.15, 0.2) is 0 Å². The lowest BCUT2D eigenvalue weighted by Crippen LogP contribution is -2.38. The Labute approximate surface area is 128 Å². The van der Waals surface area contributed by atoms with Crippen LogP contribution >= 0.6 is 0 Å². The van der Waals surface area contributed by atoms with Crippen molar-refractivity contribution in [3.8, 4) is 6.07 Å². The highest BCUT2D eigenvalue weighted by molar-refractivity contribution is 4.88. The van der Waals surface area contributed by atoms with Gasteiger partial charge in [-0.15, -0.1) is 0 Å². The minimum absolute atomic E-state index is 0.0399. The van der Waals surface area contributed by atoms with Crippen LogP contribution in [-0.4, -0.2) is 32.7 Å². The standard InChI is InChI=1S/C17H29NO3/c1-2-3-9-19-10-8-15-12-20-17(21-13-15)16-6-4-14(11-18)5-7-16/h14-17H,2-10,12-13H2,1H3/t14-,15-,16-,17-. The van der Waals surface area contributed by atoms with Crippen molar-refractivity contribution in [3.05, 3.63) is 0 Å². The lowest BCUT2D eigenvalue weighted by Gasteiger charge is -2.36. The Kier molecular flexibility index (Phi) is 7.49. The molecule has 1 heterocycles. The molecule has 21 heavy (non-hydrogen) atoms. The molecule has 0 aromatic carbocycles. The number of hydrogen-bond donors (Lipinski definition) is 0. The zero-order valence-electron chi connectivity index (χ0n) is 13.3. The molecule has 0 N–H and O–H groups in total. The molecule has 0 aromatic heterocycles. The van der Waals surface area contributed by atoms with Crippen molar-refractivity contribution in [2.24, 2.45) is 17.8 Å². The van der Waals surface area contributed by atoms with Crippen molar-refractivity contribution in [1.82, 2.24) is 0 Å². The zero-order chi connectivity index (χ0) is 14.9. The number of hydrogen-bond acceptors (Lipinski definition) is 4. The largest absolute Gasteiger partial charge is 0.381 e. The maximum absolute atomic E-state index is 8.93. The summed E-state index contributed by atoms with van der Waals surface area (Å²) < 4.78 is 17.4. The number of rotatable bonds is 7. The minimum Gasteiger partial charge on any atom is -0.381 e. The zero-order valence-corrected chi connectivity index (χ0v) is 13.3. The molecule has 0 aromatic rings. The third-order valence-electron chi connectivity index (χ3n) is 4.64. The van der Waals surface area contributed by atoms with E-state index in [1.807, 2.05) is 0 Å². The van der Waals surface area contributed by atoms with Gasteiger partial charge >= 0.3 is 0 Å². The quantitative estimate of drug-likeness (QED) is 0.674. The van der Waals surface area contributed by atoms with Gasteiger partial charge in [0.25, 0.3) is 0 Å². The number of ether oxygens (including phenoxy) is 3. The SMILES string of the molecule is CCCCOCC[C@H]1CO[C@H]([C@H]2CC[C@H](C#N)CC2)OC1. The van der Waals surface area contributed by atoms with Gasteiger partial charge in [0.05, 0.1) is 19.3 Å². The summed E-state index contributed by atoms with van der Waals surface area (Å²) in [6.07, 6.45) is 7.44. The molecule has 1 saturated carbocycles. The average molecular weight is 295 g/mol. The third-order valence-corrected chi connectivity index (χ3v) is 4.64. The Morgan fingerprint density at radius 1 is 1.10 bits per heavy atom. The van der Waals surface area contributed by atoms with Crippen LogP contribution in [0.3, 0.4) is 0 Å². The molecule has 2 fully saturated rings. The highest BCUT2D eigenvalue weighted by atomic mass is 16.7. The lowest BCUT2D eigenvalue weighted by atomic mass is 9.82. The second-order valence-electron chi connectivity index (χ2n) is 6.40. The van der Waals surface area contributed by atoms with Gasteiger partial charge in [-0.2, -0.15) is 5.26 Å². The Bertz CT molecular complexity index is 312. The van der Waals surface area contributed by atoms with Gasteiger partial charge in [0.15, 0.2) is 6.29 Å². The summed E-state index contributed by atoms with van der Waals surface area (Å²) in [5.41, 5.74) is 0. The molecule has 1 saturated heterocycles. The molecule has 0 amide bonds. The molecular weight excluding hydrogens is 266 g/mol. The van der Waals surface area contributed by atoms with Crippen molar-refractivity contribution < 1.29 is 14.2 Å². The summed E-state index contributed by atoms with van der Waals surface area (Å²) in [6, 6.07) is 2.38. The van der Waals surface area contributed by atoms with Crippen molar-refractivity contribution in [2.45, 2.75) is 58.2 Å². The summed E-state index contributed by atoms with van der Waals surface area (Å²) in [4.78, 5) is 0. The van der Waals surface area contributed by atoms with Crippen LogP contribution in [0.2, 0.25) is 0 Å². The summed E-state index contributed by atoms with van der Waals surface area (Å²) in [7, 11) is 0. The molecule has 4 nitrogen and oxygen atoms in total. The predicted molar refractivity (Wildman–Crippen MR) is 80.6 cm³/mol. The molecule has 0 atom stereocenters. The number of nitrogens with zero attached hydrogens (tertiary/aromatic N) is 1. The fraction of sp³-hybridized carbons (Fsp3) is 0.941. The van der Waals surface area contributed by atoms with Crippen LogP contribution in [0.4, 0.5) is 0 Å². The second kappa shape index (κ2) is 9.40. The number of unbranched alkanes of at least 4 members (excludes halogenated alkanes) is 1. The van der Waals surface area contributed by atoms with Crippen molar-refractivity contribution in [2.75, 3.05) is 26.4 Å². The van der Waals surface area contributed by atoms with Gasteiger partial charge in [-0.3, -0.25) is 0 Å². The van der Waals surface area contributed by atoms with E-state index in [1.54, 1.807) is 0 Å². The minimum atomic E-state index is -0.0399. The van der Waals surface area contributed by atoms with Crippen LogP contribution in [0.25, 0.3) is 0 Å². The van der Waals surface area contributed by atoms with E-state index < -0.39 is 0 Å². The van der Waals surface area contributed by atoms with Gasteiger partial charge in [-0.25, -0.2) is 0 Å². The van der Waals surface area contributed by atoms with Crippen molar-refractivity contribution in [1.29, 1.82) is 5.26 Å². The van der Waals surface area contributed by atoms with Gasteiger partial charge in [-0.05, 0) is 38.5 Å². The third kappa shape index (κ3) is 5.58. The fourth-order valence-electron chi connectivity index (χ4n) is 3.12. The first kappa shape index (κ1) is 16.7. The van der Waals surface area contributed by atoms with E-state index in [-0.39, 0.29) is 12.2 Å². The van der Waals surface area contributed by atoms with Gasteiger partial charge in [0.1, 0.15) is 0 Å². The highest BCUT2D eigenvalue weighted by Gasteiger charge is 2.32. The topological polar surface area (TPSA) is 51.5 Å². The van der Waals surface area contributed by atoms with E-state index in [0.29, 0.717) is 11.8 Å². The van der Waals surface area contributed by atoms with Crippen LogP contribution in [0.1, 0.15) is 51.9 Å². The second-order valence-corrected chi connectivity index (χ2v) is 6.40. The monoisotopic (exact) mass is 295 g/mol. The molecule has 1 aliphatic carbocycles. The Morgan fingerprint density at radius 3 is 2.43 bits per heavy atom. The van der Waals surface area contributed by atoms with E-state index in [2.05, 4.69) is 13.0 Å². The first-order chi connectivity index (χ1) is 10.3. The molecule has 4 heteroatoms. The summed E-state index contributed by atoms with van der Waals surface area (Å²) in [6.45, 7) is 5.45. The predicted octanol–water partition coefficient (Wildman–Crippen LogP) is 3.51. The molecule has 1 aliphatic heterocycles. The van der Waals surface area contributed by atoms with Crippen molar-refractivity contribution >= 4 is 0 Å². The lowest BCUT2D eigenvalue weighted by molar-refractivity contribution is -0.230. The molecule has 0 unspecified atom stereocenters. The maximum atomic E-state index is 8.93. The summed E-state index contributed by atoms with van der Waals surface area (Å²) >= 11 is 0. The Balaban J connectivity index is 1.57. The van der Waals surface area contributed by atoms with E-state index >= 15 is 0 Å². The average Bonchev–Trinajstić information content (AvgIpc) is 2.55. The van der Waals surface area contributed by atoms with Crippen LogP contribution < -0.4 is 0 Å². The molecule has 120 valence electrons. The smallest absolute Gasteiger partial charge is 0.160 e. The van der Waals surface area contributed by atoms with Gasteiger partial charge in [0, 0.05) is 31.0 Å². The van der Waals surface area contributed by atoms with Crippen molar-refractivity contribution in [3.63, 3.8) is 0 Å². The summed E-state index contributed by atoms with van der Waals surface area (Å²) in [5, 5.41) is 8.93. The van der Waals surface area contributed by atoms with Crippen LogP contribution in [0, 0.1) is 29.1 Å². The first-order valence-corrected chi connectivity index (χ1v) is 8.54. The van der Waals surface area contributed by atoms with Gasteiger partial charge in [0.2, 0.25) is 0 Å². The van der Waals surface area contributed by atoms with Crippen LogP contribution in [0.5, 0.6) is 0 Å². The molecular formula is C17H29NO3. The highest BCUT2D eigenvalue weighted by Crippen LogP contribution is 2.33. The molecule has 0 spiro atoms. The normalized spacial score (nSPS) is 33.5. The van der Waals surface area contributed by atoms with E-state index in [1.165, 1.54) is 6.42 Å². The number of nitriles is 1. The van der Waals surface area contributed by atoms with E-state index in [4.69, 9.17) is 19.5 Å². The Morgan fingerprint density at radius 2 is 1.81 bits per heavy atom. The van der Waals surface area contributed by atoms with Crippen LogP contribution in [-0.2, 0) is 14.2 Å². The molecule has 2 rings (SSSR count). The molecule has 0 radical (unpaired) electrons.